The normalized spacial score (nSPS) is 10.6. The molecule has 0 aliphatic heterocycles. The molecule has 5 heteroatoms. The Morgan fingerprint density at radius 1 is 1.14 bits per heavy atom. The molecule has 22 heavy (non-hydrogen) atoms. The molecule has 0 fully saturated rings. The highest BCUT2D eigenvalue weighted by atomic mass is 79.9. The standard InChI is InChI=1S/C17H13N3S.BrH/c1-20-10-14(13-6-2-3-7-16(13)20)17-19-15(11-21-17)12-5-4-8-18-9-12;/h2-11H,1H3;1H/p+1. The third-order valence-electron chi connectivity index (χ3n) is 3.63. The molecule has 1 N–H and O–H groups in total. The van der Waals surface area contributed by atoms with E-state index in [0.29, 0.717) is 0 Å². The summed E-state index contributed by atoms with van der Waals surface area (Å²) >= 11 is 1.69. The van der Waals surface area contributed by atoms with Gasteiger partial charge in [0.1, 0.15) is 5.01 Å². The lowest BCUT2D eigenvalue weighted by Gasteiger charge is -1.94. The quantitative estimate of drug-likeness (QED) is 0.514. The van der Waals surface area contributed by atoms with E-state index in [1.165, 1.54) is 16.5 Å². The van der Waals surface area contributed by atoms with Gasteiger partial charge in [-0.25, -0.2) is 9.97 Å². The molecule has 0 aliphatic carbocycles. The van der Waals surface area contributed by atoms with Crippen LogP contribution >= 0.6 is 28.3 Å². The first kappa shape index (κ1) is 14.9. The molecule has 0 aliphatic rings. The van der Waals surface area contributed by atoms with Gasteiger partial charge in [-0.15, -0.1) is 28.3 Å². The van der Waals surface area contributed by atoms with Gasteiger partial charge in [-0.2, -0.15) is 0 Å². The van der Waals surface area contributed by atoms with E-state index < -0.39 is 0 Å². The van der Waals surface area contributed by atoms with E-state index >= 15 is 0 Å². The molecule has 1 aromatic carbocycles. The number of fused-ring (bicyclic) bond motifs is 1. The van der Waals surface area contributed by atoms with Crippen molar-refractivity contribution in [1.82, 2.24) is 9.55 Å². The van der Waals surface area contributed by atoms with Gasteiger partial charge in [-0.05, 0) is 12.1 Å². The fraction of sp³-hybridized carbons (Fsp3) is 0.0588. The number of hydrogen-bond donors (Lipinski definition) is 0. The summed E-state index contributed by atoms with van der Waals surface area (Å²) in [5.41, 5.74) is 4.56. The number of para-hydroxylation sites is 1. The maximum atomic E-state index is 4.80. The van der Waals surface area contributed by atoms with Gasteiger partial charge >= 0.3 is 0 Å². The topological polar surface area (TPSA) is 32.0 Å². The Bertz CT molecular complexity index is 912. The first-order valence-electron chi connectivity index (χ1n) is 6.79. The molecule has 0 bridgehead atoms. The third kappa shape index (κ3) is 2.46. The molecule has 0 amide bonds. The van der Waals surface area contributed by atoms with E-state index in [1.54, 1.807) is 11.3 Å². The van der Waals surface area contributed by atoms with Crippen molar-refractivity contribution in [3.63, 3.8) is 0 Å². The molecule has 0 saturated carbocycles. The fourth-order valence-electron chi connectivity index (χ4n) is 2.59. The van der Waals surface area contributed by atoms with Crippen LogP contribution in [0, 0.1) is 0 Å². The summed E-state index contributed by atoms with van der Waals surface area (Å²) in [7, 11) is 2.08. The first-order chi connectivity index (χ1) is 10.3. The summed E-state index contributed by atoms with van der Waals surface area (Å²) in [6, 6.07) is 12.5. The minimum atomic E-state index is 0. The Morgan fingerprint density at radius 2 is 2.00 bits per heavy atom. The Hall–Kier alpha value is -1.98. The number of benzene rings is 1. The van der Waals surface area contributed by atoms with Crippen LogP contribution in [0.4, 0.5) is 0 Å². The van der Waals surface area contributed by atoms with Crippen LogP contribution in [0.25, 0.3) is 32.7 Å². The summed E-state index contributed by atoms with van der Waals surface area (Å²) in [4.78, 5) is 7.90. The fourth-order valence-corrected chi connectivity index (χ4v) is 3.45. The van der Waals surface area contributed by atoms with Crippen molar-refractivity contribution in [3.8, 4) is 21.8 Å². The molecule has 0 unspecified atom stereocenters. The van der Waals surface area contributed by atoms with Gasteiger partial charge in [-0.1, -0.05) is 18.2 Å². The molecule has 3 nitrogen and oxygen atoms in total. The van der Waals surface area contributed by atoms with Crippen LogP contribution in [0.3, 0.4) is 0 Å². The Balaban J connectivity index is 0.00000144. The van der Waals surface area contributed by atoms with E-state index in [-0.39, 0.29) is 17.0 Å². The number of hydrogen-bond acceptors (Lipinski definition) is 2. The molecule has 3 heterocycles. The molecule has 0 spiro atoms. The summed E-state index contributed by atoms with van der Waals surface area (Å²) in [6.45, 7) is 0. The van der Waals surface area contributed by atoms with E-state index in [4.69, 9.17) is 4.98 Å². The molecule has 0 radical (unpaired) electrons. The lowest BCUT2D eigenvalue weighted by atomic mass is 10.2. The molecule has 0 saturated heterocycles. The molecule has 4 aromatic rings. The predicted octanol–water partition coefficient (Wildman–Crippen LogP) is 4.36. The molecular weight excluding hydrogens is 358 g/mol. The van der Waals surface area contributed by atoms with Gasteiger partial charge in [0.05, 0.1) is 11.3 Å². The van der Waals surface area contributed by atoms with Crippen molar-refractivity contribution in [3.05, 3.63) is 60.4 Å². The SMILES string of the molecule is Br.Cn1cc(-c2nc(-c3ccc[nH+]c3)cs2)c2ccccc21. The molecule has 110 valence electrons. The number of halogens is 1. The maximum Gasteiger partial charge on any atom is 0.176 e. The zero-order valence-electron chi connectivity index (χ0n) is 12.0. The lowest BCUT2D eigenvalue weighted by Crippen LogP contribution is -1.98. The second-order valence-electron chi connectivity index (χ2n) is 5.00. The average Bonchev–Trinajstić information content (AvgIpc) is 3.14. The molecule has 4 rings (SSSR count). The minimum absolute atomic E-state index is 0. The number of aryl methyl sites for hydroxylation is 1. The van der Waals surface area contributed by atoms with Crippen molar-refractivity contribution in [2.24, 2.45) is 7.05 Å². The minimum Gasteiger partial charge on any atom is -0.350 e. The summed E-state index contributed by atoms with van der Waals surface area (Å²) in [6.07, 6.45) is 6.04. The summed E-state index contributed by atoms with van der Waals surface area (Å²) < 4.78 is 2.15. The number of thiazole rings is 1. The van der Waals surface area contributed by atoms with Gasteiger partial charge in [0.2, 0.25) is 0 Å². The van der Waals surface area contributed by atoms with Crippen molar-refractivity contribution in [2.75, 3.05) is 0 Å². The highest BCUT2D eigenvalue weighted by Gasteiger charge is 2.13. The van der Waals surface area contributed by atoms with Gasteiger partial charge in [0.25, 0.3) is 0 Å². The van der Waals surface area contributed by atoms with Crippen molar-refractivity contribution < 1.29 is 4.98 Å². The van der Waals surface area contributed by atoms with Crippen LogP contribution in [-0.2, 0) is 7.05 Å². The van der Waals surface area contributed by atoms with Crippen LogP contribution in [0.15, 0.2) is 60.4 Å². The van der Waals surface area contributed by atoms with Crippen molar-refractivity contribution in [2.45, 2.75) is 0 Å². The van der Waals surface area contributed by atoms with Gasteiger partial charge in [0.15, 0.2) is 12.4 Å². The number of rotatable bonds is 2. The third-order valence-corrected chi connectivity index (χ3v) is 4.51. The highest BCUT2D eigenvalue weighted by Crippen LogP contribution is 2.34. The van der Waals surface area contributed by atoms with E-state index in [1.807, 2.05) is 18.5 Å². The van der Waals surface area contributed by atoms with Crippen LogP contribution in [0.5, 0.6) is 0 Å². The molecular formula is C17H15BrN3S+. The zero-order valence-corrected chi connectivity index (χ0v) is 14.5. The van der Waals surface area contributed by atoms with E-state index in [2.05, 4.69) is 58.5 Å². The monoisotopic (exact) mass is 372 g/mol. The van der Waals surface area contributed by atoms with E-state index in [9.17, 15) is 0 Å². The molecule has 3 aromatic heterocycles. The van der Waals surface area contributed by atoms with Gasteiger partial charge < -0.3 is 4.57 Å². The summed E-state index contributed by atoms with van der Waals surface area (Å²) in [5.74, 6) is 0. The summed E-state index contributed by atoms with van der Waals surface area (Å²) in [5, 5.41) is 4.42. The van der Waals surface area contributed by atoms with Crippen molar-refractivity contribution >= 4 is 39.2 Å². The number of aromatic amines is 1. The first-order valence-corrected chi connectivity index (χ1v) is 7.67. The lowest BCUT2D eigenvalue weighted by molar-refractivity contribution is -0.377. The average molecular weight is 373 g/mol. The zero-order chi connectivity index (χ0) is 14.2. The highest BCUT2D eigenvalue weighted by molar-refractivity contribution is 8.93. The van der Waals surface area contributed by atoms with Crippen molar-refractivity contribution in [1.29, 1.82) is 0 Å². The number of aromatic nitrogens is 3. The number of nitrogens with one attached hydrogen (secondary N) is 1. The Kier molecular flexibility index (Phi) is 4.09. The second kappa shape index (κ2) is 6.02. The van der Waals surface area contributed by atoms with Crippen LogP contribution in [-0.4, -0.2) is 9.55 Å². The van der Waals surface area contributed by atoms with E-state index in [0.717, 1.165) is 16.3 Å². The number of pyridine rings is 1. The van der Waals surface area contributed by atoms with Crippen LogP contribution < -0.4 is 4.98 Å². The number of H-pyrrole nitrogens is 1. The van der Waals surface area contributed by atoms with Gasteiger partial charge in [-0.3, -0.25) is 0 Å². The van der Waals surface area contributed by atoms with Crippen LogP contribution in [0.1, 0.15) is 0 Å². The number of nitrogens with zero attached hydrogens (tertiary/aromatic N) is 2. The predicted molar refractivity (Wildman–Crippen MR) is 96.3 cm³/mol. The Morgan fingerprint density at radius 3 is 2.82 bits per heavy atom. The van der Waals surface area contributed by atoms with Gasteiger partial charge in [0, 0.05) is 41.2 Å². The molecule has 0 atom stereocenters. The maximum absolute atomic E-state index is 4.80. The Labute approximate surface area is 143 Å². The van der Waals surface area contributed by atoms with Crippen LogP contribution in [0.2, 0.25) is 0 Å². The smallest absolute Gasteiger partial charge is 0.176 e. The largest absolute Gasteiger partial charge is 0.350 e. The second-order valence-corrected chi connectivity index (χ2v) is 5.86.